The number of ether oxygens (including phenoxy) is 1. The van der Waals surface area contributed by atoms with Crippen molar-refractivity contribution in [1.29, 1.82) is 0 Å². The molecule has 0 bridgehead atoms. The number of nitrogens with two attached hydrogens (primary N) is 1. The molecule has 0 aromatic rings. The Bertz CT molecular complexity index is 467. The summed E-state index contributed by atoms with van der Waals surface area (Å²) in [4.78, 5) is 8.18. The summed E-state index contributed by atoms with van der Waals surface area (Å²) in [5.41, 5.74) is 5.34. The van der Waals surface area contributed by atoms with Crippen molar-refractivity contribution in [2.45, 2.75) is 24.5 Å². The van der Waals surface area contributed by atoms with Crippen molar-refractivity contribution in [3.05, 3.63) is 12.4 Å². The summed E-state index contributed by atoms with van der Waals surface area (Å²) in [7, 11) is 0. The SMILES string of the molecule is [2H]C1=NC(N)=NC(=C)N1[C@@H]1O[C@H](CO)[C@H](O)C1([2H])O. The first kappa shape index (κ1) is 9.54. The maximum Gasteiger partial charge on any atom is 0.223 e. The van der Waals surface area contributed by atoms with Crippen molar-refractivity contribution in [3.63, 3.8) is 0 Å². The van der Waals surface area contributed by atoms with E-state index in [0.717, 1.165) is 4.90 Å². The van der Waals surface area contributed by atoms with Crippen LogP contribution in [-0.4, -0.2) is 63.6 Å². The monoisotopic (exact) mass is 244 g/mol. The normalized spacial score (nSPS) is 44.1. The summed E-state index contributed by atoms with van der Waals surface area (Å²) in [6.45, 7) is 2.93. The Labute approximate surface area is 100 Å². The highest BCUT2D eigenvalue weighted by Gasteiger charge is 2.45. The van der Waals surface area contributed by atoms with E-state index in [0.29, 0.717) is 0 Å². The van der Waals surface area contributed by atoms with Gasteiger partial charge in [0.15, 0.2) is 6.23 Å². The summed E-state index contributed by atoms with van der Waals surface area (Å²) in [5, 5.41) is 28.7. The Morgan fingerprint density at radius 1 is 1.71 bits per heavy atom. The van der Waals surface area contributed by atoms with Crippen LogP contribution < -0.4 is 5.73 Å². The number of nitrogens with zero attached hydrogens (tertiary/aromatic N) is 3. The van der Waals surface area contributed by atoms with Gasteiger partial charge in [0.2, 0.25) is 5.96 Å². The van der Waals surface area contributed by atoms with E-state index in [1.165, 1.54) is 0 Å². The third kappa shape index (κ3) is 2.03. The molecule has 2 aliphatic heterocycles. The molecule has 1 fully saturated rings. The largest absolute Gasteiger partial charge is 0.394 e. The van der Waals surface area contributed by atoms with Crippen LogP contribution in [0.2, 0.25) is 0 Å². The van der Waals surface area contributed by atoms with Gasteiger partial charge in [0, 0.05) is 0 Å². The van der Waals surface area contributed by atoms with Gasteiger partial charge in [-0.15, -0.1) is 0 Å². The molecule has 8 heteroatoms. The lowest BCUT2D eigenvalue weighted by atomic mass is 10.1. The second kappa shape index (κ2) is 4.41. The zero-order valence-corrected chi connectivity index (χ0v) is 8.82. The molecule has 0 aromatic heterocycles. The molecule has 1 saturated heterocycles. The van der Waals surface area contributed by atoms with Crippen LogP contribution in [0.25, 0.3) is 0 Å². The highest BCUT2D eigenvalue weighted by molar-refractivity contribution is 5.89. The highest BCUT2D eigenvalue weighted by Crippen LogP contribution is 2.26. The zero-order valence-electron chi connectivity index (χ0n) is 10.8. The molecular formula is C9H14N4O4. The molecule has 0 aromatic carbocycles. The summed E-state index contributed by atoms with van der Waals surface area (Å²) in [6.07, 6.45) is -7.18. The van der Waals surface area contributed by atoms with Crippen molar-refractivity contribution >= 4 is 12.3 Å². The first-order valence-corrected chi connectivity index (χ1v) is 4.83. The molecule has 0 radical (unpaired) electrons. The fraction of sp³-hybridized carbons (Fsp3) is 0.556. The van der Waals surface area contributed by atoms with Crippen molar-refractivity contribution < 1.29 is 22.8 Å². The lowest BCUT2D eigenvalue weighted by Crippen LogP contribution is -2.44. The molecular weight excluding hydrogens is 228 g/mol. The predicted molar refractivity (Wildman–Crippen MR) is 58.9 cm³/mol. The van der Waals surface area contributed by atoms with Gasteiger partial charge in [-0.3, -0.25) is 4.90 Å². The second-order valence-electron chi connectivity index (χ2n) is 3.55. The molecule has 17 heavy (non-hydrogen) atoms. The molecule has 8 nitrogen and oxygen atoms in total. The molecule has 0 amide bonds. The Morgan fingerprint density at radius 3 is 2.94 bits per heavy atom. The van der Waals surface area contributed by atoms with Crippen LogP contribution in [0.4, 0.5) is 0 Å². The summed E-state index contributed by atoms with van der Waals surface area (Å²) in [6, 6.07) is 0. The van der Waals surface area contributed by atoms with Crippen LogP contribution in [0.5, 0.6) is 0 Å². The van der Waals surface area contributed by atoms with Gasteiger partial charge >= 0.3 is 0 Å². The molecule has 0 saturated carbocycles. The number of aliphatic imine (C=N–C) groups is 2. The first-order chi connectivity index (χ1) is 8.78. The lowest BCUT2D eigenvalue weighted by molar-refractivity contribution is -0.0607. The Morgan fingerprint density at radius 2 is 2.41 bits per heavy atom. The standard InChI is InChI=1S/C9H14N4O4/c1-4-12-9(10)11-3-13(4)8-7(16)6(15)5(2-14)17-8/h3,5-8,14-16H,1-2H2,(H2,10,12)/t5-,6+,7?,8-/m1/s1/i3D,7D. The molecule has 2 rings (SSSR count). The molecule has 4 atom stereocenters. The maximum atomic E-state index is 9.96. The van der Waals surface area contributed by atoms with Crippen molar-refractivity contribution in [1.82, 2.24) is 4.90 Å². The third-order valence-electron chi connectivity index (χ3n) is 2.42. The molecule has 0 aliphatic carbocycles. The summed E-state index contributed by atoms with van der Waals surface area (Å²) < 4.78 is 20.5. The van der Waals surface area contributed by atoms with Crippen molar-refractivity contribution in [2.75, 3.05) is 6.61 Å². The molecule has 1 unspecified atom stereocenters. The maximum absolute atomic E-state index is 9.96. The van der Waals surface area contributed by atoms with Gasteiger partial charge in [0.1, 0.15) is 31.8 Å². The summed E-state index contributed by atoms with van der Waals surface area (Å²) >= 11 is 0. The number of hydrogen-bond acceptors (Lipinski definition) is 8. The van der Waals surface area contributed by atoms with Gasteiger partial charge in [0.05, 0.1) is 7.98 Å². The Kier molecular flexibility index (Phi) is 2.48. The summed E-state index contributed by atoms with van der Waals surface area (Å²) in [5.74, 6) is -0.240. The number of guanidine groups is 1. The van der Waals surface area contributed by atoms with Gasteiger partial charge in [0.25, 0.3) is 0 Å². The minimum Gasteiger partial charge on any atom is -0.394 e. The number of aliphatic hydroxyl groups is 3. The third-order valence-corrected chi connectivity index (χ3v) is 2.42. The van der Waals surface area contributed by atoms with E-state index in [4.69, 9.17) is 18.3 Å². The fourth-order valence-electron chi connectivity index (χ4n) is 1.54. The van der Waals surface area contributed by atoms with Crippen LogP contribution in [0, 0.1) is 0 Å². The number of rotatable bonds is 2. The van der Waals surface area contributed by atoms with Gasteiger partial charge in [-0.1, -0.05) is 6.58 Å². The highest BCUT2D eigenvalue weighted by atomic mass is 16.6. The average Bonchev–Trinajstić information content (AvgIpc) is 2.51. The van der Waals surface area contributed by atoms with Gasteiger partial charge in [-0.05, 0) is 0 Å². The Balaban J connectivity index is 2.33. The van der Waals surface area contributed by atoms with Gasteiger partial charge < -0.3 is 25.8 Å². The minimum atomic E-state index is -2.47. The van der Waals surface area contributed by atoms with E-state index in [1.807, 2.05) is 0 Å². The molecule has 5 N–H and O–H groups in total. The first-order valence-electron chi connectivity index (χ1n) is 5.83. The second-order valence-corrected chi connectivity index (χ2v) is 3.55. The van der Waals surface area contributed by atoms with Crippen molar-refractivity contribution in [2.24, 2.45) is 15.7 Å². The number of hydrogen-bond donors (Lipinski definition) is 4. The predicted octanol–water partition coefficient (Wildman–Crippen LogP) is -2.44. The van der Waals surface area contributed by atoms with E-state index in [1.54, 1.807) is 0 Å². The minimum absolute atomic E-state index is 0.0565. The van der Waals surface area contributed by atoms with Crippen LogP contribution in [0.1, 0.15) is 2.74 Å². The van der Waals surface area contributed by atoms with Crippen LogP contribution in [0.15, 0.2) is 22.4 Å². The van der Waals surface area contributed by atoms with Gasteiger partial charge in [-0.2, -0.15) is 4.99 Å². The molecule has 94 valence electrons. The smallest absolute Gasteiger partial charge is 0.223 e. The van der Waals surface area contributed by atoms with E-state index < -0.39 is 37.4 Å². The van der Waals surface area contributed by atoms with Gasteiger partial charge in [-0.25, -0.2) is 4.99 Å². The van der Waals surface area contributed by atoms with Crippen LogP contribution >= 0.6 is 0 Å². The lowest BCUT2D eigenvalue weighted by Gasteiger charge is -2.29. The zero-order chi connectivity index (χ0) is 14.4. The molecule has 2 aliphatic rings. The van der Waals surface area contributed by atoms with E-state index in [2.05, 4.69) is 16.6 Å². The quantitative estimate of drug-likeness (QED) is 0.427. The Hall–Kier alpha value is -1.48. The van der Waals surface area contributed by atoms with E-state index in [9.17, 15) is 10.2 Å². The average molecular weight is 244 g/mol. The topological polar surface area (TPSA) is 124 Å². The van der Waals surface area contributed by atoms with Crippen LogP contribution in [0.3, 0.4) is 0 Å². The molecule has 0 spiro atoms. The van der Waals surface area contributed by atoms with Crippen molar-refractivity contribution in [3.8, 4) is 0 Å². The number of amidine groups is 1. The number of aliphatic hydroxyl groups excluding tert-OH is 2. The fourth-order valence-corrected chi connectivity index (χ4v) is 1.54. The molecule has 2 heterocycles. The van der Waals surface area contributed by atoms with E-state index >= 15 is 0 Å². The van der Waals surface area contributed by atoms with Crippen LogP contribution in [-0.2, 0) is 4.74 Å². The van der Waals surface area contributed by atoms with E-state index in [-0.39, 0.29) is 11.8 Å².